The second kappa shape index (κ2) is 6.64. The zero-order chi connectivity index (χ0) is 18.0. The molecule has 0 amide bonds. The predicted molar refractivity (Wildman–Crippen MR) is 89.6 cm³/mol. The van der Waals surface area contributed by atoms with Crippen LogP contribution in [0.25, 0.3) is 10.9 Å². The number of hydrogen-bond donors (Lipinski definition) is 2. The Morgan fingerprint density at radius 1 is 1.12 bits per heavy atom. The lowest BCUT2D eigenvalue weighted by atomic mass is 9.93. The molecule has 25 heavy (non-hydrogen) atoms. The van der Waals surface area contributed by atoms with Gasteiger partial charge in [0, 0.05) is 24.0 Å². The average Bonchev–Trinajstić information content (AvgIpc) is 3.03. The van der Waals surface area contributed by atoms with Crippen LogP contribution in [0.1, 0.15) is 11.6 Å². The SMILES string of the molecule is COc1cccc2ccn(C(c3cccnc3)C(C(=O)O)C(=O)O)c12. The molecule has 3 aromatic rings. The van der Waals surface area contributed by atoms with Gasteiger partial charge in [-0.2, -0.15) is 0 Å². The fourth-order valence-corrected chi connectivity index (χ4v) is 3.02. The van der Waals surface area contributed by atoms with Gasteiger partial charge in [0.2, 0.25) is 0 Å². The van der Waals surface area contributed by atoms with Gasteiger partial charge in [0.25, 0.3) is 0 Å². The number of para-hydroxylation sites is 1. The molecule has 0 aliphatic carbocycles. The molecule has 0 aliphatic rings. The number of nitrogens with zero attached hydrogens (tertiary/aromatic N) is 2. The first-order valence-electron chi connectivity index (χ1n) is 7.53. The molecule has 128 valence electrons. The molecule has 7 heteroatoms. The molecular weight excluding hydrogens is 324 g/mol. The normalized spacial score (nSPS) is 12.2. The maximum absolute atomic E-state index is 11.7. The molecular formula is C18H16N2O5. The summed E-state index contributed by atoms with van der Waals surface area (Å²) in [6.07, 6.45) is 4.69. The number of rotatable bonds is 6. The quantitative estimate of drug-likeness (QED) is 0.668. The number of hydrogen-bond acceptors (Lipinski definition) is 4. The first kappa shape index (κ1) is 16.5. The molecule has 3 rings (SSSR count). The van der Waals surface area contributed by atoms with Crippen LogP contribution < -0.4 is 4.74 Å². The highest BCUT2D eigenvalue weighted by Gasteiger charge is 2.38. The Morgan fingerprint density at radius 3 is 2.48 bits per heavy atom. The third-order valence-corrected chi connectivity index (χ3v) is 4.10. The molecule has 2 N–H and O–H groups in total. The Hall–Kier alpha value is -3.35. The lowest BCUT2D eigenvalue weighted by Gasteiger charge is -2.24. The molecule has 2 heterocycles. The lowest BCUT2D eigenvalue weighted by Crippen LogP contribution is -2.33. The van der Waals surface area contributed by atoms with Crippen LogP contribution in [0, 0.1) is 5.92 Å². The van der Waals surface area contributed by atoms with E-state index in [1.54, 1.807) is 41.2 Å². The highest BCUT2D eigenvalue weighted by atomic mass is 16.5. The molecule has 0 fully saturated rings. The summed E-state index contributed by atoms with van der Waals surface area (Å²) in [7, 11) is 1.51. The van der Waals surface area contributed by atoms with E-state index in [4.69, 9.17) is 4.74 Å². The lowest BCUT2D eigenvalue weighted by molar-refractivity contribution is -0.156. The van der Waals surface area contributed by atoms with Crippen LogP contribution in [0.4, 0.5) is 0 Å². The summed E-state index contributed by atoms with van der Waals surface area (Å²) in [4.78, 5) is 27.4. The van der Waals surface area contributed by atoms with Gasteiger partial charge in [0.1, 0.15) is 5.75 Å². The summed E-state index contributed by atoms with van der Waals surface area (Å²) in [5, 5.41) is 19.9. The molecule has 1 unspecified atom stereocenters. The highest BCUT2D eigenvalue weighted by Crippen LogP contribution is 2.35. The predicted octanol–water partition coefficient (Wildman–Crippen LogP) is 2.42. The number of benzene rings is 1. The van der Waals surface area contributed by atoms with Gasteiger partial charge in [-0.25, -0.2) is 0 Å². The van der Waals surface area contributed by atoms with E-state index in [1.807, 2.05) is 12.1 Å². The number of pyridine rings is 1. The van der Waals surface area contributed by atoms with Crippen molar-refractivity contribution in [3.63, 3.8) is 0 Å². The molecule has 7 nitrogen and oxygen atoms in total. The van der Waals surface area contributed by atoms with Crippen molar-refractivity contribution in [2.75, 3.05) is 7.11 Å². The number of methoxy groups -OCH3 is 1. The number of carbonyl (C=O) groups is 2. The Kier molecular flexibility index (Phi) is 4.38. The van der Waals surface area contributed by atoms with Gasteiger partial charge in [0.15, 0.2) is 5.92 Å². The smallest absolute Gasteiger partial charge is 0.320 e. The van der Waals surface area contributed by atoms with E-state index in [9.17, 15) is 19.8 Å². The number of carboxylic acid groups (broad SMARTS) is 2. The Morgan fingerprint density at radius 2 is 1.88 bits per heavy atom. The van der Waals surface area contributed by atoms with Crippen LogP contribution in [0.15, 0.2) is 55.0 Å². The summed E-state index contributed by atoms with van der Waals surface area (Å²) in [6.45, 7) is 0. The monoisotopic (exact) mass is 340 g/mol. The fourth-order valence-electron chi connectivity index (χ4n) is 3.02. The number of ether oxygens (including phenoxy) is 1. The number of aromatic nitrogens is 2. The van der Waals surface area contributed by atoms with Gasteiger partial charge >= 0.3 is 11.9 Å². The zero-order valence-corrected chi connectivity index (χ0v) is 13.4. The topological polar surface area (TPSA) is 102 Å². The van der Waals surface area contributed by atoms with Gasteiger partial charge in [-0.3, -0.25) is 14.6 Å². The summed E-state index contributed by atoms with van der Waals surface area (Å²) in [6, 6.07) is 9.54. The first-order valence-corrected chi connectivity index (χ1v) is 7.53. The molecule has 1 aromatic carbocycles. The first-order chi connectivity index (χ1) is 12.0. The second-order valence-corrected chi connectivity index (χ2v) is 5.51. The van der Waals surface area contributed by atoms with Crippen LogP contribution in [0.2, 0.25) is 0 Å². The minimum Gasteiger partial charge on any atom is -0.495 e. The molecule has 0 saturated carbocycles. The summed E-state index contributed by atoms with van der Waals surface area (Å²) >= 11 is 0. The van der Waals surface area contributed by atoms with Crippen LogP contribution in [-0.4, -0.2) is 38.8 Å². The van der Waals surface area contributed by atoms with Crippen molar-refractivity contribution in [3.8, 4) is 5.75 Å². The average molecular weight is 340 g/mol. The Balaban J connectivity index is 2.29. The highest BCUT2D eigenvalue weighted by molar-refractivity contribution is 5.95. The molecule has 0 radical (unpaired) electrons. The van der Waals surface area contributed by atoms with E-state index in [1.165, 1.54) is 13.3 Å². The third kappa shape index (κ3) is 2.91. The Labute approximate surface area is 143 Å². The van der Waals surface area contributed by atoms with Gasteiger partial charge < -0.3 is 19.5 Å². The van der Waals surface area contributed by atoms with E-state index >= 15 is 0 Å². The zero-order valence-electron chi connectivity index (χ0n) is 13.4. The van der Waals surface area contributed by atoms with Crippen LogP contribution in [-0.2, 0) is 9.59 Å². The maximum Gasteiger partial charge on any atom is 0.320 e. The molecule has 0 bridgehead atoms. The van der Waals surface area contributed by atoms with Crippen LogP contribution >= 0.6 is 0 Å². The van der Waals surface area contributed by atoms with Gasteiger partial charge in [-0.1, -0.05) is 18.2 Å². The van der Waals surface area contributed by atoms with E-state index in [-0.39, 0.29) is 0 Å². The van der Waals surface area contributed by atoms with Gasteiger partial charge in [-0.15, -0.1) is 0 Å². The fraction of sp³-hybridized carbons (Fsp3) is 0.167. The second-order valence-electron chi connectivity index (χ2n) is 5.51. The van der Waals surface area contributed by atoms with Crippen molar-refractivity contribution in [1.82, 2.24) is 9.55 Å². The summed E-state index contributed by atoms with van der Waals surface area (Å²) < 4.78 is 7.00. The van der Waals surface area contributed by atoms with Gasteiger partial charge in [0.05, 0.1) is 18.7 Å². The van der Waals surface area contributed by atoms with Crippen molar-refractivity contribution >= 4 is 22.8 Å². The molecule has 0 aliphatic heterocycles. The molecule has 0 saturated heterocycles. The maximum atomic E-state index is 11.7. The molecule has 1 atom stereocenters. The van der Waals surface area contributed by atoms with E-state index in [2.05, 4.69) is 4.98 Å². The summed E-state index contributed by atoms with van der Waals surface area (Å²) in [5.74, 6) is -3.98. The van der Waals surface area contributed by atoms with E-state index in [0.717, 1.165) is 5.39 Å². The van der Waals surface area contributed by atoms with Gasteiger partial charge in [-0.05, 0) is 23.8 Å². The minimum atomic E-state index is -1.68. The van der Waals surface area contributed by atoms with Crippen molar-refractivity contribution in [2.24, 2.45) is 5.92 Å². The largest absolute Gasteiger partial charge is 0.495 e. The standard InChI is InChI=1S/C18H16N2O5/c1-25-13-6-2-4-11-7-9-20(15(11)13)16(12-5-3-8-19-10-12)14(17(21)22)18(23)24/h2-10,14,16H,1H3,(H,21,22)(H,23,24). The summed E-state index contributed by atoms with van der Waals surface area (Å²) in [5.41, 5.74) is 1.12. The van der Waals surface area contributed by atoms with Crippen LogP contribution in [0.5, 0.6) is 5.75 Å². The number of carboxylic acids is 2. The van der Waals surface area contributed by atoms with Crippen molar-refractivity contribution in [1.29, 1.82) is 0 Å². The van der Waals surface area contributed by atoms with E-state index < -0.39 is 23.9 Å². The van der Waals surface area contributed by atoms with Crippen molar-refractivity contribution in [3.05, 3.63) is 60.6 Å². The van der Waals surface area contributed by atoms with Crippen molar-refractivity contribution < 1.29 is 24.5 Å². The molecule has 0 spiro atoms. The van der Waals surface area contributed by atoms with Crippen molar-refractivity contribution in [2.45, 2.75) is 6.04 Å². The Bertz CT molecular complexity index is 906. The third-order valence-electron chi connectivity index (χ3n) is 4.10. The molecule has 2 aromatic heterocycles. The number of fused-ring (bicyclic) bond motifs is 1. The van der Waals surface area contributed by atoms with Crippen LogP contribution in [0.3, 0.4) is 0 Å². The minimum absolute atomic E-state index is 0.487. The number of aliphatic carboxylic acids is 2. The van der Waals surface area contributed by atoms with E-state index in [0.29, 0.717) is 16.8 Å².